The van der Waals surface area contributed by atoms with Gasteiger partial charge in [-0.15, -0.1) is 11.3 Å². The van der Waals surface area contributed by atoms with Crippen molar-refractivity contribution in [2.45, 2.75) is 109 Å². The van der Waals surface area contributed by atoms with Gasteiger partial charge in [0.1, 0.15) is 0 Å². The van der Waals surface area contributed by atoms with E-state index in [1.54, 1.807) is 26.5 Å². The van der Waals surface area contributed by atoms with Crippen molar-refractivity contribution in [3.8, 4) is 11.4 Å². The third-order valence-corrected chi connectivity index (χ3v) is 16.4. The summed E-state index contributed by atoms with van der Waals surface area (Å²) in [5.74, 6) is 4.01. The monoisotopic (exact) mass is 828 g/mol. The highest BCUT2D eigenvalue weighted by atomic mass is 32.1. The van der Waals surface area contributed by atoms with Crippen molar-refractivity contribution in [2.75, 3.05) is 0 Å². The number of nitrogens with zero attached hydrogens (tertiary/aromatic N) is 4. The van der Waals surface area contributed by atoms with Crippen molar-refractivity contribution in [3.05, 3.63) is 181 Å². The molecule has 8 aliphatic carbocycles. The minimum atomic E-state index is 0.359. The van der Waals surface area contributed by atoms with Gasteiger partial charge in [-0.1, -0.05) is 123 Å². The Hall–Kier alpha value is -5.39. The number of benzene rings is 1. The molecule has 4 nitrogen and oxygen atoms in total. The molecule has 12 rings (SSSR count). The molecule has 2 atom stereocenters. The number of hydrogen-bond donors (Lipinski definition) is 0. The van der Waals surface area contributed by atoms with Crippen molar-refractivity contribution >= 4 is 34.1 Å². The molecule has 1 aromatic carbocycles. The zero-order valence-electron chi connectivity index (χ0n) is 35.9. The Labute approximate surface area is 371 Å². The zero-order chi connectivity index (χ0) is 41.0. The Kier molecular flexibility index (Phi) is 10.1. The average Bonchev–Trinajstić information content (AvgIpc) is 3.90. The summed E-state index contributed by atoms with van der Waals surface area (Å²) < 4.78 is 0. The van der Waals surface area contributed by atoms with Crippen molar-refractivity contribution in [1.29, 1.82) is 0 Å². The number of aryl methyl sites for hydroxylation is 2. The van der Waals surface area contributed by atoms with Crippen molar-refractivity contribution in [2.24, 2.45) is 17.8 Å². The van der Waals surface area contributed by atoms with Crippen LogP contribution in [0.4, 0.5) is 0 Å². The largest absolute Gasteiger partial charge is 0.320 e. The maximum absolute atomic E-state index is 5.54. The first-order valence-electron chi connectivity index (χ1n) is 23.9. The maximum atomic E-state index is 5.54. The summed E-state index contributed by atoms with van der Waals surface area (Å²) in [6.07, 6.45) is 53.0. The van der Waals surface area contributed by atoms with Gasteiger partial charge in [-0.25, -0.2) is 15.0 Å². The first kappa shape index (κ1) is 38.3. The van der Waals surface area contributed by atoms with Gasteiger partial charge in [0.15, 0.2) is 17.5 Å². The van der Waals surface area contributed by atoms with Crippen LogP contribution in [0, 0.1) is 17.8 Å². The van der Waals surface area contributed by atoms with Gasteiger partial charge in [-0.3, -0.25) is 0 Å². The molecule has 0 N–H and O–H groups in total. The van der Waals surface area contributed by atoms with Gasteiger partial charge >= 0.3 is 0 Å². The fourth-order valence-electron chi connectivity index (χ4n) is 12.1. The Bertz CT molecular complexity index is 2720. The summed E-state index contributed by atoms with van der Waals surface area (Å²) in [5, 5.41) is 0. The Morgan fingerprint density at radius 3 is 2.23 bits per heavy atom. The fraction of sp³-hybridized carbons (Fsp3) is 0.351. The van der Waals surface area contributed by atoms with Gasteiger partial charge in [0.25, 0.3) is 0 Å². The number of allylic oxidation sites excluding steroid dienone is 22. The van der Waals surface area contributed by atoms with Crippen LogP contribution in [0.2, 0.25) is 0 Å². The fourth-order valence-corrected chi connectivity index (χ4v) is 13.4. The molecule has 1 saturated carbocycles. The second kappa shape index (κ2) is 16.4. The zero-order valence-corrected chi connectivity index (χ0v) is 36.7. The molecule has 310 valence electrons. The van der Waals surface area contributed by atoms with Crippen molar-refractivity contribution in [3.63, 3.8) is 0 Å². The van der Waals surface area contributed by atoms with E-state index in [1.165, 1.54) is 89.0 Å². The SMILES string of the molecule is C1=CCCC(C2=CCC(C3CCCCC3)C(C3=CC(c4nc(C5=CC=CCC5)nc(-c5ccccc5)n4)=C(N4C5=CC=CCC5C5=C4CCc4sc6c(c45)C=CCC6)CC3)=C2)=C1. The predicted octanol–water partition coefficient (Wildman–Crippen LogP) is 14.6. The van der Waals surface area contributed by atoms with E-state index in [4.69, 9.17) is 15.0 Å². The summed E-state index contributed by atoms with van der Waals surface area (Å²) >= 11 is 2.09. The molecule has 1 aliphatic heterocycles. The first-order valence-corrected chi connectivity index (χ1v) is 24.7. The number of aromatic nitrogens is 3. The number of thiophene rings is 1. The van der Waals surface area contributed by atoms with E-state index in [9.17, 15) is 0 Å². The van der Waals surface area contributed by atoms with E-state index in [0.717, 1.165) is 99.6 Å². The van der Waals surface area contributed by atoms with Gasteiger partial charge in [0.05, 0.1) is 0 Å². The Morgan fingerprint density at radius 2 is 1.39 bits per heavy atom. The lowest BCUT2D eigenvalue weighted by Crippen LogP contribution is -2.26. The molecule has 62 heavy (non-hydrogen) atoms. The Morgan fingerprint density at radius 1 is 0.613 bits per heavy atom. The topological polar surface area (TPSA) is 41.9 Å². The van der Waals surface area contributed by atoms with Gasteiger partial charge in [0, 0.05) is 49.5 Å². The van der Waals surface area contributed by atoms with E-state index in [-0.39, 0.29) is 0 Å². The number of fused-ring (bicyclic) bond motifs is 6. The van der Waals surface area contributed by atoms with Crippen LogP contribution in [0.25, 0.3) is 34.2 Å². The smallest absolute Gasteiger partial charge is 0.165 e. The molecule has 9 aliphatic rings. The predicted molar refractivity (Wildman–Crippen MR) is 257 cm³/mol. The van der Waals surface area contributed by atoms with Crippen LogP contribution in [0.3, 0.4) is 0 Å². The highest BCUT2D eigenvalue weighted by Crippen LogP contribution is 2.57. The molecule has 0 bridgehead atoms. The first-order chi connectivity index (χ1) is 30.7. The third kappa shape index (κ3) is 6.83. The van der Waals surface area contributed by atoms with E-state index >= 15 is 0 Å². The summed E-state index contributed by atoms with van der Waals surface area (Å²) in [4.78, 5) is 22.2. The summed E-state index contributed by atoms with van der Waals surface area (Å²) in [5.41, 5.74) is 18.4. The molecule has 3 aromatic rings. The molecule has 0 spiro atoms. The number of hydrogen-bond acceptors (Lipinski definition) is 5. The second-order valence-corrected chi connectivity index (χ2v) is 19.9. The molecule has 1 fully saturated rings. The van der Waals surface area contributed by atoms with Crippen LogP contribution >= 0.6 is 11.3 Å². The summed E-state index contributed by atoms with van der Waals surface area (Å²) in [6.45, 7) is 0. The third-order valence-electron chi connectivity index (χ3n) is 15.1. The number of rotatable bonds is 7. The molecule has 3 heterocycles. The highest BCUT2D eigenvalue weighted by Gasteiger charge is 2.44. The summed E-state index contributed by atoms with van der Waals surface area (Å²) in [6, 6.07) is 10.6. The minimum absolute atomic E-state index is 0.359. The van der Waals surface area contributed by atoms with Gasteiger partial charge in [-0.05, 0) is 153 Å². The maximum Gasteiger partial charge on any atom is 0.165 e. The molecule has 2 unspecified atom stereocenters. The quantitative estimate of drug-likeness (QED) is 0.238. The van der Waals surface area contributed by atoms with E-state index in [2.05, 4.69) is 132 Å². The van der Waals surface area contributed by atoms with Gasteiger partial charge in [0.2, 0.25) is 0 Å². The highest BCUT2D eigenvalue weighted by molar-refractivity contribution is 7.12. The Balaban J connectivity index is 1.08. The van der Waals surface area contributed by atoms with Crippen LogP contribution in [0.5, 0.6) is 0 Å². The van der Waals surface area contributed by atoms with E-state index in [1.807, 2.05) is 0 Å². The van der Waals surface area contributed by atoms with E-state index in [0.29, 0.717) is 11.8 Å². The molecule has 2 aromatic heterocycles. The molecular weight excluding hydrogens is 773 g/mol. The van der Waals surface area contributed by atoms with Crippen LogP contribution in [-0.2, 0) is 12.8 Å². The molecule has 0 saturated heterocycles. The molecular formula is C57H56N4S. The summed E-state index contributed by atoms with van der Waals surface area (Å²) in [7, 11) is 0. The lowest BCUT2D eigenvalue weighted by molar-refractivity contribution is 0.277. The lowest BCUT2D eigenvalue weighted by Gasteiger charge is -2.38. The normalized spacial score (nSPS) is 24.4. The van der Waals surface area contributed by atoms with Gasteiger partial charge < -0.3 is 4.90 Å². The molecule has 5 heteroatoms. The molecule has 0 amide bonds. The minimum Gasteiger partial charge on any atom is -0.320 e. The van der Waals surface area contributed by atoms with Crippen LogP contribution in [0.1, 0.15) is 129 Å². The van der Waals surface area contributed by atoms with E-state index < -0.39 is 0 Å². The van der Waals surface area contributed by atoms with Crippen LogP contribution in [0.15, 0.2) is 149 Å². The van der Waals surface area contributed by atoms with Crippen molar-refractivity contribution < 1.29 is 0 Å². The van der Waals surface area contributed by atoms with Gasteiger partial charge in [-0.2, -0.15) is 0 Å². The second-order valence-electron chi connectivity index (χ2n) is 18.7. The van der Waals surface area contributed by atoms with Crippen molar-refractivity contribution in [1.82, 2.24) is 19.9 Å². The molecule has 0 radical (unpaired) electrons. The standard InChI is InChI=1S/C57H56N4S/c1-5-17-37(18-6-1)41-29-31-43(38-19-7-2-8-20-38)46(35-41)42-30-32-49(47(36-42)57-59-55(39-21-9-3-10-22-39)58-56(60-57)40-23-11-4-12-24-40)61-48-27-15-13-25-44(48)53-50(61)33-34-52-54(53)45-26-14-16-28-51(45)62-52/h1,3-5,9-11,13-15,17,21-23,26-27,29,35-36,38,43-44H,2,6-8,12,16,18-20,24-25,28,30-34H2. The lowest BCUT2D eigenvalue weighted by atomic mass is 9.69. The van der Waals surface area contributed by atoms with Crippen LogP contribution in [-0.4, -0.2) is 19.9 Å². The van der Waals surface area contributed by atoms with Crippen LogP contribution < -0.4 is 0 Å². The average molecular weight is 829 g/mol.